The molecular weight excluding hydrogens is 310 g/mol. The van der Waals surface area contributed by atoms with E-state index in [0.29, 0.717) is 29.4 Å². The average molecular weight is 343 g/mol. The van der Waals surface area contributed by atoms with Crippen LogP contribution in [0.1, 0.15) is 60.5 Å². The molecule has 0 fully saturated rings. The number of ether oxygens (including phenoxy) is 2. The second-order valence-electron chi connectivity index (χ2n) is 7.91. The number of hydrogen-bond acceptors (Lipinski definition) is 2. The van der Waals surface area contributed by atoms with Crippen LogP contribution in [-0.4, -0.2) is 18.8 Å². The molecule has 1 aromatic carbocycles. The molecule has 132 valence electrons. The van der Waals surface area contributed by atoms with Crippen molar-refractivity contribution >= 4 is 11.6 Å². The van der Waals surface area contributed by atoms with Gasteiger partial charge in [0.1, 0.15) is 6.54 Å². The van der Waals surface area contributed by atoms with Gasteiger partial charge in [-0.1, -0.05) is 32.4 Å². The summed E-state index contributed by atoms with van der Waals surface area (Å²) in [4.78, 5) is 0. The van der Waals surface area contributed by atoms with Gasteiger partial charge in [-0.25, -0.2) is 0 Å². The van der Waals surface area contributed by atoms with E-state index in [9.17, 15) is 0 Å². The summed E-state index contributed by atoms with van der Waals surface area (Å²) in [5, 5.41) is 3.00. The molecule has 0 spiro atoms. The van der Waals surface area contributed by atoms with E-state index in [-0.39, 0.29) is 5.54 Å². The molecule has 0 radical (unpaired) electrons. The first kappa shape index (κ1) is 20.1. The van der Waals surface area contributed by atoms with E-state index in [0.717, 1.165) is 24.3 Å². The van der Waals surface area contributed by atoms with Gasteiger partial charge in [0.15, 0.2) is 11.5 Å². The van der Waals surface area contributed by atoms with E-state index in [4.69, 9.17) is 21.1 Å². The molecule has 3 nitrogen and oxygen atoms in total. The third-order valence-electron chi connectivity index (χ3n) is 3.53. The highest BCUT2D eigenvalue weighted by Crippen LogP contribution is 2.36. The summed E-state index contributed by atoms with van der Waals surface area (Å²) >= 11 is 6.39. The van der Waals surface area contributed by atoms with Crippen LogP contribution >= 0.6 is 11.6 Å². The zero-order chi connectivity index (χ0) is 17.7. The van der Waals surface area contributed by atoms with Gasteiger partial charge in [0.2, 0.25) is 0 Å². The van der Waals surface area contributed by atoms with Gasteiger partial charge in [-0.15, -0.1) is 0 Å². The molecule has 0 saturated carbocycles. The Bertz CT molecular complexity index is 507. The maximum atomic E-state index is 6.39. The van der Waals surface area contributed by atoms with Crippen LogP contribution < -0.4 is 14.8 Å². The first-order valence-corrected chi connectivity index (χ1v) is 8.88. The molecule has 23 heavy (non-hydrogen) atoms. The van der Waals surface area contributed by atoms with Crippen LogP contribution in [-0.2, 0) is 6.54 Å². The van der Waals surface area contributed by atoms with E-state index >= 15 is 0 Å². The number of quaternary nitrogens is 1. The number of nitrogens with two attached hydrogens (primary N) is 1. The molecule has 0 aliphatic carbocycles. The lowest BCUT2D eigenvalue weighted by atomic mass is 9.82. The minimum absolute atomic E-state index is 0.176. The van der Waals surface area contributed by atoms with E-state index in [1.807, 2.05) is 26.0 Å². The van der Waals surface area contributed by atoms with E-state index in [2.05, 4.69) is 39.9 Å². The predicted octanol–water partition coefficient (Wildman–Crippen LogP) is 4.42. The average Bonchev–Trinajstić information content (AvgIpc) is 2.38. The van der Waals surface area contributed by atoms with Gasteiger partial charge >= 0.3 is 0 Å². The van der Waals surface area contributed by atoms with Gasteiger partial charge in [-0.2, -0.15) is 0 Å². The van der Waals surface area contributed by atoms with Crippen LogP contribution in [0.5, 0.6) is 11.5 Å². The Balaban J connectivity index is 2.88. The minimum Gasteiger partial charge on any atom is -0.490 e. The Labute approximate surface area is 146 Å². The van der Waals surface area contributed by atoms with Crippen LogP contribution in [0.3, 0.4) is 0 Å². The van der Waals surface area contributed by atoms with Crippen LogP contribution in [0.25, 0.3) is 0 Å². The second-order valence-corrected chi connectivity index (χ2v) is 8.31. The standard InChI is InChI=1S/C19H32ClNO2/c1-8-22-16-11-14(10-15(20)17(16)23-9-2)12-21-19(6,7)13-18(3,4)5/h10-11,21H,8-9,12-13H2,1-7H3/p+1. The van der Waals surface area contributed by atoms with E-state index in [1.165, 1.54) is 0 Å². The fourth-order valence-corrected chi connectivity index (χ4v) is 3.41. The molecule has 0 saturated heterocycles. The molecule has 0 aromatic heterocycles. The number of halogens is 1. The molecule has 0 atom stereocenters. The number of rotatable bonds is 8. The van der Waals surface area contributed by atoms with Gasteiger partial charge in [0.05, 0.1) is 23.8 Å². The molecule has 0 aliphatic rings. The lowest BCUT2D eigenvalue weighted by Gasteiger charge is -2.30. The van der Waals surface area contributed by atoms with Crippen LogP contribution in [0.2, 0.25) is 5.02 Å². The largest absolute Gasteiger partial charge is 0.490 e. The first-order chi connectivity index (χ1) is 10.6. The van der Waals surface area contributed by atoms with Crippen molar-refractivity contribution in [2.75, 3.05) is 13.2 Å². The summed E-state index contributed by atoms with van der Waals surface area (Å²) in [5.41, 5.74) is 1.64. The van der Waals surface area contributed by atoms with E-state index < -0.39 is 0 Å². The van der Waals surface area contributed by atoms with Crippen molar-refractivity contribution in [3.05, 3.63) is 22.7 Å². The van der Waals surface area contributed by atoms with Crippen molar-refractivity contribution in [2.45, 2.75) is 67.0 Å². The summed E-state index contributed by atoms with van der Waals surface area (Å²) < 4.78 is 11.3. The smallest absolute Gasteiger partial charge is 0.179 e. The number of hydrogen-bond donors (Lipinski definition) is 1. The van der Waals surface area contributed by atoms with Crippen molar-refractivity contribution < 1.29 is 14.8 Å². The summed E-state index contributed by atoms with van der Waals surface area (Å²) in [5.74, 6) is 1.38. The van der Waals surface area contributed by atoms with Crippen LogP contribution in [0.4, 0.5) is 0 Å². The Morgan fingerprint density at radius 3 is 2.13 bits per heavy atom. The molecular formula is C19H33ClNO2+. The molecule has 0 aliphatic heterocycles. The third-order valence-corrected chi connectivity index (χ3v) is 3.81. The SMILES string of the molecule is CCOc1cc(C[NH2+]C(C)(C)CC(C)(C)C)cc(Cl)c1OCC. The maximum Gasteiger partial charge on any atom is 0.179 e. The summed E-state index contributed by atoms with van der Waals surface area (Å²) in [6.07, 6.45) is 1.14. The Hall–Kier alpha value is -0.930. The zero-order valence-corrected chi connectivity index (χ0v) is 16.5. The summed E-state index contributed by atoms with van der Waals surface area (Å²) in [6.45, 7) is 17.4. The molecule has 4 heteroatoms. The van der Waals surface area contributed by atoms with Crippen molar-refractivity contribution in [1.29, 1.82) is 0 Å². The highest BCUT2D eigenvalue weighted by molar-refractivity contribution is 6.32. The molecule has 1 rings (SSSR count). The van der Waals surface area contributed by atoms with Gasteiger partial charge < -0.3 is 14.8 Å². The normalized spacial score (nSPS) is 12.3. The summed E-state index contributed by atoms with van der Waals surface area (Å²) in [7, 11) is 0. The van der Waals surface area contributed by atoms with Crippen molar-refractivity contribution in [3.63, 3.8) is 0 Å². The third kappa shape index (κ3) is 7.01. The van der Waals surface area contributed by atoms with Crippen molar-refractivity contribution in [1.82, 2.24) is 0 Å². The quantitative estimate of drug-likeness (QED) is 0.759. The zero-order valence-electron chi connectivity index (χ0n) is 15.8. The van der Waals surface area contributed by atoms with Crippen LogP contribution in [0.15, 0.2) is 12.1 Å². The predicted molar refractivity (Wildman–Crippen MR) is 97.6 cm³/mol. The Morgan fingerprint density at radius 2 is 1.61 bits per heavy atom. The lowest BCUT2D eigenvalue weighted by molar-refractivity contribution is -0.737. The monoisotopic (exact) mass is 342 g/mol. The lowest BCUT2D eigenvalue weighted by Crippen LogP contribution is -2.94. The summed E-state index contributed by atoms with van der Waals surface area (Å²) in [6, 6.07) is 4.03. The maximum absolute atomic E-state index is 6.39. The van der Waals surface area contributed by atoms with E-state index in [1.54, 1.807) is 0 Å². The Kier molecular flexibility index (Phi) is 7.22. The van der Waals surface area contributed by atoms with Gasteiger partial charge in [0, 0.05) is 12.0 Å². The van der Waals surface area contributed by atoms with Gasteiger partial charge in [-0.05, 0) is 45.2 Å². The molecule has 1 aromatic rings. The first-order valence-electron chi connectivity index (χ1n) is 8.50. The Morgan fingerprint density at radius 1 is 1.00 bits per heavy atom. The van der Waals surface area contributed by atoms with Crippen molar-refractivity contribution in [2.24, 2.45) is 5.41 Å². The fraction of sp³-hybridized carbons (Fsp3) is 0.684. The fourth-order valence-electron chi connectivity index (χ4n) is 3.12. The van der Waals surface area contributed by atoms with Crippen LogP contribution in [0, 0.1) is 5.41 Å². The molecule has 0 bridgehead atoms. The highest BCUT2D eigenvalue weighted by Gasteiger charge is 2.28. The molecule has 2 N–H and O–H groups in total. The molecule has 0 unspecified atom stereocenters. The highest BCUT2D eigenvalue weighted by atomic mass is 35.5. The molecule has 0 amide bonds. The van der Waals surface area contributed by atoms with Crippen molar-refractivity contribution in [3.8, 4) is 11.5 Å². The van der Waals surface area contributed by atoms with Gasteiger partial charge in [0.25, 0.3) is 0 Å². The second kappa shape index (κ2) is 8.25. The topological polar surface area (TPSA) is 35.1 Å². The minimum atomic E-state index is 0.176. The molecule has 0 heterocycles. The number of benzene rings is 1. The van der Waals surface area contributed by atoms with Gasteiger partial charge in [-0.3, -0.25) is 0 Å².